The normalized spacial score (nSPS) is 10.8. The fourth-order valence-electron chi connectivity index (χ4n) is 2.89. The summed E-state index contributed by atoms with van der Waals surface area (Å²) in [6, 6.07) is 17.1. The molecule has 7 heteroatoms. The van der Waals surface area contributed by atoms with Gasteiger partial charge in [0.1, 0.15) is 6.61 Å². The minimum atomic E-state index is -0.188. The van der Waals surface area contributed by atoms with E-state index in [2.05, 4.69) is 10.3 Å². The molecule has 0 fully saturated rings. The molecule has 0 spiro atoms. The van der Waals surface area contributed by atoms with Crippen LogP contribution in [0.5, 0.6) is 11.5 Å². The second-order valence-electron chi connectivity index (χ2n) is 6.20. The van der Waals surface area contributed by atoms with Crippen LogP contribution in [0, 0.1) is 0 Å². The Hall–Kier alpha value is -3.32. The SMILES string of the molecule is COc1ccccc1OCc1csc(C(=O)Nc2nc3ccccc3n2C)c1. The van der Waals surface area contributed by atoms with Crippen molar-refractivity contribution < 1.29 is 14.3 Å². The molecule has 0 bridgehead atoms. The molecule has 142 valence electrons. The van der Waals surface area contributed by atoms with Gasteiger partial charge in [-0.05, 0) is 35.7 Å². The molecule has 1 amide bonds. The number of rotatable bonds is 6. The van der Waals surface area contributed by atoms with Crippen molar-refractivity contribution in [3.05, 3.63) is 70.4 Å². The lowest BCUT2D eigenvalue weighted by molar-refractivity contribution is 0.102. The number of nitrogens with one attached hydrogen (secondary N) is 1. The molecule has 0 atom stereocenters. The van der Waals surface area contributed by atoms with Crippen LogP contribution < -0.4 is 14.8 Å². The number of aryl methyl sites for hydroxylation is 1. The van der Waals surface area contributed by atoms with Gasteiger partial charge in [-0.15, -0.1) is 11.3 Å². The number of amides is 1. The minimum absolute atomic E-state index is 0.188. The number of para-hydroxylation sites is 4. The third-order valence-corrected chi connectivity index (χ3v) is 5.33. The number of hydrogen-bond donors (Lipinski definition) is 1. The van der Waals surface area contributed by atoms with Gasteiger partial charge >= 0.3 is 0 Å². The van der Waals surface area contributed by atoms with Crippen molar-refractivity contribution in [1.29, 1.82) is 0 Å². The van der Waals surface area contributed by atoms with Gasteiger partial charge in [0.25, 0.3) is 5.91 Å². The number of fused-ring (bicyclic) bond motifs is 1. The maximum Gasteiger partial charge on any atom is 0.268 e. The largest absolute Gasteiger partial charge is 0.493 e. The molecule has 0 aliphatic rings. The van der Waals surface area contributed by atoms with E-state index in [0.29, 0.717) is 28.9 Å². The van der Waals surface area contributed by atoms with Gasteiger partial charge in [0.05, 0.1) is 23.0 Å². The predicted molar refractivity (Wildman–Crippen MR) is 110 cm³/mol. The Kier molecular flexibility index (Phi) is 4.99. The van der Waals surface area contributed by atoms with E-state index in [4.69, 9.17) is 9.47 Å². The van der Waals surface area contributed by atoms with Gasteiger partial charge in [0.2, 0.25) is 5.95 Å². The first-order valence-corrected chi connectivity index (χ1v) is 9.59. The summed E-state index contributed by atoms with van der Waals surface area (Å²) in [5.41, 5.74) is 2.73. The van der Waals surface area contributed by atoms with Crippen LogP contribution in [0.2, 0.25) is 0 Å². The van der Waals surface area contributed by atoms with E-state index in [9.17, 15) is 4.79 Å². The molecule has 0 aliphatic carbocycles. The van der Waals surface area contributed by atoms with E-state index in [-0.39, 0.29) is 5.91 Å². The van der Waals surface area contributed by atoms with E-state index in [1.54, 1.807) is 7.11 Å². The number of hydrogen-bond acceptors (Lipinski definition) is 5. The van der Waals surface area contributed by atoms with Gasteiger partial charge in [-0.3, -0.25) is 10.1 Å². The molecule has 0 aliphatic heterocycles. The molecule has 4 aromatic rings. The van der Waals surface area contributed by atoms with Crippen LogP contribution in [0.3, 0.4) is 0 Å². The number of carbonyl (C=O) groups is 1. The summed E-state index contributed by atoms with van der Waals surface area (Å²) in [7, 11) is 3.49. The Bertz CT molecular complexity index is 1130. The lowest BCUT2D eigenvalue weighted by Crippen LogP contribution is -2.13. The highest BCUT2D eigenvalue weighted by molar-refractivity contribution is 7.12. The van der Waals surface area contributed by atoms with E-state index < -0.39 is 0 Å². The van der Waals surface area contributed by atoms with E-state index >= 15 is 0 Å². The van der Waals surface area contributed by atoms with Crippen LogP contribution in [0.25, 0.3) is 11.0 Å². The van der Waals surface area contributed by atoms with Gasteiger partial charge < -0.3 is 14.0 Å². The van der Waals surface area contributed by atoms with Gasteiger partial charge in [-0.2, -0.15) is 0 Å². The number of ether oxygens (including phenoxy) is 2. The van der Waals surface area contributed by atoms with Crippen molar-refractivity contribution in [3.8, 4) is 11.5 Å². The number of methoxy groups -OCH3 is 1. The Morgan fingerprint density at radius 3 is 2.68 bits per heavy atom. The van der Waals surface area contributed by atoms with Crippen LogP contribution >= 0.6 is 11.3 Å². The molecule has 1 N–H and O–H groups in total. The zero-order valence-electron chi connectivity index (χ0n) is 15.5. The van der Waals surface area contributed by atoms with Crippen LogP contribution in [-0.4, -0.2) is 22.6 Å². The lowest BCUT2D eigenvalue weighted by atomic mass is 10.3. The minimum Gasteiger partial charge on any atom is -0.493 e. The second kappa shape index (κ2) is 7.74. The first kappa shape index (κ1) is 18.1. The smallest absolute Gasteiger partial charge is 0.268 e. The molecule has 28 heavy (non-hydrogen) atoms. The molecular weight excluding hydrogens is 374 g/mol. The van der Waals surface area contributed by atoms with Crippen molar-refractivity contribution in [2.24, 2.45) is 7.05 Å². The highest BCUT2D eigenvalue weighted by Gasteiger charge is 2.14. The summed E-state index contributed by atoms with van der Waals surface area (Å²) in [5, 5.41) is 4.80. The highest BCUT2D eigenvalue weighted by Crippen LogP contribution is 2.27. The summed E-state index contributed by atoms with van der Waals surface area (Å²) in [6.07, 6.45) is 0. The summed E-state index contributed by atoms with van der Waals surface area (Å²) in [6.45, 7) is 0.358. The average Bonchev–Trinajstić information content (AvgIpc) is 3.32. The third-order valence-electron chi connectivity index (χ3n) is 4.35. The van der Waals surface area contributed by atoms with Gasteiger partial charge in [-0.1, -0.05) is 24.3 Å². The Labute approximate surface area is 166 Å². The average molecular weight is 393 g/mol. The standard InChI is InChI=1S/C21H19N3O3S/c1-24-16-8-4-3-7-15(16)22-21(24)23-20(25)19-11-14(13-28-19)12-27-18-10-6-5-9-17(18)26-2/h3-11,13H,12H2,1-2H3,(H,22,23,25). The highest BCUT2D eigenvalue weighted by atomic mass is 32.1. The molecule has 0 saturated carbocycles. The molecule has 6 nitrogen and oxygen atoms in total. The summed E-state index contributed by atoms with van der Waals surface area (Å²) in [4.78, 5) is 17.7. The number of aromatic nitrogens is 2. The molecule has 0 radical (unpaired) electrons. The van der Waals surface area contributed by atoms with Crippen LogP contribution in [0.1, 0.15) is 15.2 Å². The fourth-order valence-corrected chi connectivity index (χ4v) is 3.68. The topological polar surface area (TPSA) is 65.4 Å². The van der Waals surface area contributed by atoms with Crippen molar-refractivity contribution in [2.45, 2.75) is 6.61 Å². The lowest BCUT2D eigenvalue weighted by Gasteiger charge is -2.09. The monoisotopic (exact) mass is 393 g/mol. The van der Waals surface area contributed by atoms with Crippen LogP contribution in [0.15, 0.2) is 60.0 Å². The van der Waals surface area contributed by atoms with E-state index in [0.717, 1.165) is 16.6 Å². The van der Waals surface area contributed by atoms with Crippen molar-refractivity contribution in [3.63, 3.8) is 0 Å². The molecule has 2 aromatic heterocycles. The Morgan fingerprint density at radius 1 is 1.14 bits per heavy atom. The number of benzene rings is 2. The van der Waals surface area contributed by atoms with E-state index in [1.807, 2.05) is 71.6 Å². The number of imidazole rings is 1. The summed E-state index contributed by atoms with van der Waals surface area (Å²) in [5.74, 6) is 1.68. The number of thiophene rings is 1. The van der Waals surface area contributed by atoms with Crippen molar-refractivity contribution >= 4 is 34.2 Å². The molecule has 0 unspecified atom stereocenters. The predicted octanol–water partition coefficient (Wildman–Crippen LogP) is 4.47. The zero-order valence-corrected chi connectivity index (χ0v) is 16.3. The van der Waals surface area contributed by atoms with E-state index in [1.165, 1.54) is 11.3 Å². The molecule has 4 rings (SSSR count). The Morgan fingerprint density at radius 2 is 1.89 bits per heavy atom. The van der Waals surface area contributed by atoms with Gasteiger partial charge in [-0.25, -0.2) is 4.98 Å². The van der Waals surface area contributed by atoms with Gasteiger partial charge in [0.15, 0.2) is 11.5 Å². The van der Waals surface area contributed by atoms with Crippen LogP contribution in [-0.2, 0) is 13.7 Å². The molecule has 2 heterocycles. The third kappa shape index (κ3) is 3.57. The molecular formula is C21H19N3O3S. The zero-order chi connectivity index (χ0) is 19.5. The molecule has 2 aromatic carbocycles. The number of carbonyl (C=O) groups excluding carboxylic acids is 1. The quantitative estimate of drug-likeness (QED) is 0.525. The summed E-state index contributed by atoms with van der Waals surface area (Å²) < 4.78 is 13.0. The number of anilines is 1. The Balaban J connectivity index is 1.44. The first-order chi connectivity index (χ1) is 13.7. The maximum atomic E-state index is 12.6. The molecule has 0 saturated heterocycles. The fraction of sp³-hybridized carbons (Fsp3) is 0.143. The summed E-state index contributed by atoms with van der Waals surface area (Å²) >= 11 is 1.37. The second-order valence-corrected chi connectivity index (χ2v) is 7.11. The van der Waals surface area contributed by atoms with Gasteiger partial charge in [0, 0.05) is 12.6 Å². The first-order valence-electron chi connectivity index (χ1n) is 8.72. The van der Waals surface area contributed by atoms with Crippen molar-refractivity contribution in [2.75, 3.05) is 12.4 Å². The van der Waals surface area contributed by atoms with Crippen LogP contribution in [0.4, 0.5) is 5.95 Å². The van der Waals surface area contributed by atoms with Crippen molar-refractivity contribution in [1.82, 2.24) is 9.55 Å². The maximum absolute atomic E-state index is 12.6. The number of nitrogens with zero attached hydrogens (tertiary/aromatic N) is 2.